The van der Waals surface area contributed by atoms with Gasteiger partial charge in [-0.3, -0.25) is 4.90 Å². The fourth-order valence-corrected chi connectivity index (χ4v) is 3.33. The molecule has 0 aliphatic carbocycles. The number of hydrogen-bond acceptors (Lipinski definition) is 4. The van der Waals surface area contributed by atoms with Crippen molar-refractivity contribution in [2.45, 2.75) is 39.1 Å². The zero-order valence-electron chi connectivity index (χ0n) is 15.3. The minimum absolute atomic E-state index is 0.0000426. The van der Waals surface area contributed by atoms with Crippen molar-refractivity contribution in [3.8, 4) is 0 Å². The molecule has 3 rings (SSSR count). The lowest BCUT2D eigenvalue weighted by molar-refractivity contribution is -0.151. The van der Waals surface area contributed by atoms with Crippen molar-refractivity contribution in [1.29, 1.82) is 0 Å². The Morgan fingerprint density at radius 1 is 1.11 bits per heavy atom. The first kappa shape index (κ1) is 19.4. The maximum absolute atomic E-state index is 12.8. The average Bonchev–Trinajstić information content (AvgIpc) is 2.99. The van der Waals surface area contributed by atoms with E-state index in [9.17, 15) is 9.59 Å². The molecule has 1 saturated heterocycles. The summed E-state index contributed by atoms with van der Waals surface area (Å²) >= 11 is 3.38. The third kappa shape index (κ3) is 4.69. The summed E-state index contributed by atoms with van der Waals surface area (Å²) in [6.07, 6.45) is -1.01. The Labute approximate surface area is 167 Å². The van der Waals surface area contributed by atoms with Crippen molar-refractivity contribution in [1.82, 2.24) is 4.90 Å². The second-order valence-corrected chi connectivity index (χ2v) is 7.80. The number of rotatable bonds is 6. The molecule has 5 nitrogen and oxygen atoms in total. The molecule has 27 heavy (non-hydrogen) atoms. The molecule has 2 aromatic carbocycles. The predicted molar refractivity (Wildman–Crippen MR) is 105 cm³/mol. The Kier molecular flexibility index (Phi) is 6.16. The van der Waals surface area contributed by atoms with E-state index < -0.39 is 24.2 Å². The van der Waals surface area contributed by atoms with Crippen molar-refractivity contribution in [2.75, 3.05) is 0 Å². The van der Waals surface area contributed by atoms with Crippen LogP contribution >= 0.6 is 15.9 Å². The van der Waals surface area contributed by atoms with Crippen LogP contribution in [0.5, 0.6) is 0 Å². The third-order valence-corrected chi connectivity index (χ3v) is 5.04. The van der Waals surface area contributed by atoms with E-state index in [2.05, 4.69) is 15.9 Å². The lowest BCUT2D eigenvalue weighted by Gasteiger charge is -2.24. The van der Waals surface area contributed by atoms with Gasteiger partial charge in [0.25, 0.3) is 0 Å². The van der Waals surface area contributed by atoms with Crippen LogP contribution < -0.4 is 0 Å². The molecule has 1 aliphatic heterocycles. The Morgan fingerprint density at radius 2 is 1.78 bits per heavy atom. The fraction of sp³-hybridized carbons (Fsp3) is 0.333. The average molecular weight is 432 g/mol. The summed E-state index contributed by atoms with van der Waals surface area (Å²) < 4.78 is 12.0. The van der Waals surface area contributed by atoms with Gasteiger partial charge >= 0.3 is 12.1 Å². The van der Waals surface area contributed by atoms with Crippen LogP contribution in [0, 0.1) is 5.92 Å². The van der Waals surface area contributed by atoms with Gasteiger partial charge in [-0.05, 0) is 29.2 Å². The molecule has 6 heteroatoms. The number of carbonyl (C=O) groups is 2. The highest BCUT2D eigenvalue weighted by Gasteiger charge is 2.48. The summed E-state index contributed by atoms with van der Waals surface area (Å²) in [5.41, 5.74) is 1.82. The molecule has 0 unspecified atom stereocenters. The Morgan fingerprint density at radius 3 is 2.41 bits per heavy atom. The first-order chi connectivity index (χ1) is 13.0. The number of nitrogens with zero attached hydrogens (tertiary/aromatic N) is 1. The van der Waals surface area contributed by atoms with Gasteiger partial charge in [-0.25, -0.2) is 9.59 Å². The van der Waals surface area contributed by atoms with E-state index in [0.29, 0.717) is 6.54 Å². The van der Waals surface area contributed by atoms with Gasteiger partial charge in [0.1, 0.15) is 12.7 Å². The van der Waals surface area contributed by atoms with Crippen LogP contribution in [0.3, 0.4) is 0 Å². The Bertz CT molecular complexity index is 792. The first-order valence-electron chi connectivity index (χ1n) is 8.88. The van der Waals surface area contributed by atoms with E-state index in [4.69, 9.17) is 9.47 Å². The number of hydrogen-bond donors (Lipinski definition) is 0. The van der Waals surface area contributed by atoms with Crippen molar-refractivity contribution in [3.63, 3.8) is 0 Å². The SMILES string of the molecule is CC(C)[C@@H]1OC(=O)N(Cc2ccccc2)[C@H]1C(=O)OCc1ccc(Br)cc1. The van der Waals surface area contributed by atoms with E-state index in [-0.39, 0.29) is 12.5 Å². The molecule has 0 radical (unpaired) electrons. The molecule has 0 bridgehead atoms. The summed E-state index contributed by atoms with van der Waals surface area (Å²) in [5.74, 6) is -0.446. The van der Waals surface area contributed by atoms with Gasteiger partial charge in [0.05, 0.1) is 6.54 Å². The summed E-state index contributed by atoms with van der Waals surface area (Å²) in [6, 6.07) is 16.3. The number of cyclic esters (lactones) is 1. The minimum atomic E-state index is -0.756. The van der Waals surface area contributed by atoms with Gasteiger partial charge in [-0.15, -0.1) is 0 Å². The van der Waals surface area contributed by atoms with E-state index in [1.54, 1.807) is 0 Å². The molecule has 142 valence electrons. The van der Waals surface area contributed by atoms with Crippen LogP contribution in [0.25, 0.3) is 0 Å². The molecule has 2 aromatic rings. The fourth-order valence-electron chi connectivity index (χ4n) is 3.06. The quantitative estimate of drug-likeness (QED) is 0.630. The monoisotopic (exact) mass is 431 g/mol. The zero-order valence-corrected chi connectivity index (χ0v) is 16.9. The van der Waals surface area contributed by atoms with E-state index in [0.717, 1.165) is 15.6 Å². The Hall–Kier alpha value is -2.34. The minimum Gasteiger partial charge on any atom is -0.459 e. The van der Waals surface area contributed by atoms with Crippen molar-refractivity contribution in [2.24, 2.45) is 5.92 Å². The van der Waals surface area contributed by atoms with Gasteiger partial charge < -0.3 is 9.47 Å². The second kappa shape index (κ2) is 8.57. The van der Waals surface area contributed by atoms with Crippen LogP contribution in [-0.4, -0.2) is 29.1 Å². The molecular weight excluding hydrogens is 410 g/mol. The van der Waals surface area contributed by atoms with Crippen molar-refractivity contribution < 1.29 is 19.1 Å². The van der Waals surface area contributed by atoms with Crippen molar-refractivity contribution in [3.05, 3.63) is 70.2 Å². The molecule has 0 saturated carbocycles. The smallest absolute Gasteiger partial charge is 0.411 e. The molecule has 1 aliphatic rings. The van der Waals surface area contributed by atoms with Gasteiger partial charge in [0, 0.05) is 4.47 Å². The summed E-state index contributed by atoms with van der Waals surface area (Å²) in [6.45, 7) is 4.32. The van der Waals surface area contributed by atoms with Crippen LogP contribution in [-0.2, 0) is 27.4 Å². The molecule has 0 spiro atoms. The molecule has 1 heterocycles. The second-order valence-electron chi connectivity index (χ2n) is 6.88. The third-order valence-electron chi connectivity index (χ3n) is 4.51. The molecular formula is C21H22BrNO4. The zero-order chi connectivity index (χ0) is 19.4. The maximum Gasteiger partial charge on any atom is 0.411 e. The number of esters is 1. The first-order valence-corrected chi connectivity index (χ1v) is 9.67. The van der Waals surface area contributed by atoms with Crippen molar-refractivity contribution >= 4 is 28.0 Å². The van der Waals surface area contributed by atoms with Crippen LogP contribution in [0.15, 0.2) is 59.1 Å². The largest absolute Gasteiger partial charge is 0.459 e. The van der Waals surface area contributed by atoms with Crippen LogP contribution in [0.4, 0.5) is 4.79 Å². The van der Waals surface area contributed by atoms with Gasteiger partial charge in [0.2, 0.25) is 0 Å². The standard InChI is InChI=1S/C21H22BrNO4/c1-14(2)19-18(20(24)26-13-16-8-10-17(22)11-9-16)23(21(25)27-19)12-15-6-4-3-5-7-15/h3-11,14,18-19H,12-13H2,1-2H3/t18-,19+/m1/s1. The highest BCUT2D eigenvalue weighted by Crippen LogP contribution is 2.28. The molecule has 2 atom stereocenters. The topological polar surface area (TPSA) is 55.8 Å². The van der Waals surface area contributed by atoms with Gasteiger partial charge in [0.15, 0.2) is 6.04 Å². The van der Waals surface area contributed by atoms with E-state index in [1.165, 1.54) is 4.90 Å². The summed E-state index contributed by atoms with van der Waals surface area (Å²) in [5, 5.41) is 0. The molecule has 0 aromatic heterocycles. The number of benzene rings is 2. The Balaban J connectivity index is 1.75. The number of ether oxygens (including phenoxy) is 2. The van der Waals surface area contributed by atoms with Gasteiger partial charge in [-0.1, -0.05) is 72.2 Å². The highest BCUT2D eigenvalue weighted by molar-refractivity contribution is 9.10. The normalized spacial score (nSPS) is 19.3. The molecule has 0 N–H and O–H groups in total. The van der Waals surface area contributed by atoms with E-state index in [1.807, 2.05) is 68.4 Å². The number of carbonyl (C=O) groups excluding carboxylic acids is 2. The lowest BCUT2D eigenvalue weighted by atomic mass is 9.99. The molecule has 1 fully saturated rings. The van der Waals surface area contributed by atoms with E-state index >= 15 is 0 Å². The van der Waals surface area contributed by atoms with Crippen LogP contribution in [0.2, 0.25) is 0 Å². The van der Waals surface area contributed by atoms with Crippen LogP contribution in [0.1, 0.15) is 25.0 Å². The lowest BCUT2D eigenvalue weighted by Crippen LogP contribution is -2.45. The maximum atomic E-state index is 12.8. The highest BCUT2D eigenvalue weighted by atomic mass is 79.9. The molecule has 1 amide bonds. The predicted octanol–water partition coefficient (Wildman–Crippen LogP) is 4.54. The number of halogens is 1. The van der Waals surface area contributed by atoms with Gasteiger partial charge in [-0.2, -0.15) is 0 Å². The summed E-state index contributed by atoms with van der Waals surface area (Å²) in [7, 11) is 0. The number of amides is 1. The summed E-state index contributed by atoms with van der Waals surface area (Å²) in [4.78, 5) is 26.7.